The second-order valence-corrected chi connectivity index (χ2v) is 4.26. The van der Waals surface area contributed by atoms with Gasteiger partial charge in [0.05, 0.1) is 0 Å². The molecule has 1 nitrogen and oxygen atoms in total. The summed E-state index contributed by atoms with van der Waals surface area (Å²) in [7, 11) is 0. The summed E-state index contributed by atoms with van der Waals surface area (Å²) >= 11 is 0. The summed E-state index contributed by atoms with van der Waals surface area (Å²) in [6, 6.07) is 11.4. The van der Waals surface area contributed by atoms with Crippen LogP contribution in [0.2, 0.25) is 0 Å². The van der Waals surface area contributed by atoms with Crippen LogP contribution in [0.5, 0.6) is 0 Å². The van der Waals surface area contributed by atoms with E-state index in [1.54, 1.807) is 0 Å². The maximum Gasteiger partial charge on any atom is 0.0208 e. The number of rotatable bonds is 5. The van der Waals surface area contributed by atoms with E-state index in [1.165, 1.54) is 24.8 Å². The van der Waals surface area contributed by atoms with Crippen LogP contribution < -0.4 is 5.32 Å². The highest BCUT2D eigenvalue weighted by Gasteiger charge is 2.34. The lowest BCUT2D eigenvalue weighted by atomic mass is 10.2. The highest BCUT2D eigenvalue weighted by atomic mass is 35.5. The van der Waals surface area contributed by atoms with Gasteiger partial charge in [-0.1, -0.05) is 43.7 Å². The van der Waals surface area contributed by atoms with Crippen molar-refractivity contribution in [3.63, 3.8) is 0 Å². The molecule has 0 aromatic heterocycles. The Labute approximate surface area is 98.7 Å². The predicted molar refractivity (Wildman–Crippen MR) is 67.3 cm³/mol. The van der Waals surface area contributed by atoms with Gasteiger partial charge in [-0.3, -0.25) is 0 Å². The van der Waals surface area contributed by atoms with Crippen molar-refractivity contribution >= 4 is 12.4 Å². The molecule has 1 aromatic rings. The second kappa shape index (κ2) is 6.14. The van der Waals surface area contributed by atoms with E-state index in [4.69, 9.17) is 0 Å². The molecule has 1 saturated carbocycles. The second-order valence-electron chi connectivity index (χ2n) is 4.26. The lowest BCUT2D eigenvalue weighted by Crippen LogP contribution is -2.17. The highest BCUT2D eigenvalue weighted by molar-refractivity contribution is 5.85. The van der Waals surface area contributed by atoms with Gasteiger partial charge >= 0.3 is 0 Å². The fraction of sp³-hybridized carbons (Fsp3) is 0.538. The predicted octanol–water partition coefficient (Wildman–Crippen LogP) is 3.39. The Hall–Kier alpha value is -0.530. The van der Waals surface area contributed by atoms with Crippen LogP contribution in [0.4, 0.5) is 0 Å². The third-order valence-electron chi connectivity index (χ3n) is 2.99. The number of hydrogen-bond acceptors (Lipinski definition) is 1. The molecule has 2 heteroatoms. The van der Waals surface area contributed by atoms with Gasteiger partial charge in [-0.15, -0.1) is 12.4 Å². The largest absolute Gasteiger partial charge is 0.310 e. The molecule has 84 valence electrons. The van der Waals surface area contributed by atoms with Crippen LogP contribution in [0.25, 0.3) is 0 Å². The normalized spacial score (nSPS) is 23.3. The monoisotopic (exact) mass is 225 g/mol. The van der Waals surface area contributed by atoms with Gasteiger partial charge in [-0.2, -0.15) is 0 Å². The lowest BCUT2D eigenvalue weighted by molar-refractivity contribution is 0.599. The molecular weight excluding hydrogens is 206 g/mol. The molecule has 2 atom stereocenters. The average molecular weight is 226 g/mol. The fourth-order valence-corrected chi connectivity index (χ4v) is 2.03. The maximum absolute atomic E-state index is 3.61. The first kappa shape index (κ1) is 12.5. The molecule has 0 amide bonds. The molecule has 1 aliphatic rings. The molecule has 0 radical (unpaired) electrons. The van der Waals surface area contributed by atoms with E-state index >= 15 is 0 Å². The van der Waals surface area contributed by atoms with E-state index in [0.29, 0.717) is 0 Å². The minimum atomic E-state index is 0. The van der Waals surface area contributed by atoms with Gasteiger partial charge in [0.15, 0.2) is 0 Å². The quantitative estimate of drug-likeness (QED) is 0.810. The van der Waals surface area contributed by atoms with Gasteiger partial charge in [0, 0.05) is 12.6 Å². The molecule has 1 fully saturated rings. The van der Waals surface area contributed by atoms with Gasteiger partial charge in [-0.25, -0.2) is 0 Å². The summed E-state index contributed by atoms with van der Waals surface area (Å²) in [6.07, 6.45) is 4.11. The van der Waals surface area contributed by atoms with Crippen molar-refractivity contribution in [2.24, 2.45) is 5.92 Å². The third-order valence-corrected chi connectivity index (χ3v) is 2.99. The van der Waals surface area contributed by atoms with E-state index in [-0.39, 0.29) is 12.4 Å². The molecule has 2 rings (SSSR count). The van der Waals surface area contributed by atoms with Crippen LogP contribution in [0.1, 0.15) is 31.7 Å². The highest BCUT2D eigenvalue weighted by Crippen LogP contribution is 2.34. The molecule has 0 saturated heterocycles. The van der Waals surface area contributed by atoms with E-state index in [0.717, 1.165) is 18.5 Å². The van der Waals surface area contributed by atoms with Crippen molar-refractivity contribution in [2.45, 2.75) is 38.8 Å². The van der Waals surface area contributed by atoms with Crippen molar-refractivity contribution in [1.82, 2.24) is 5.32 Å². The van der Waals surface area contributed by atoms with Crippen molar-refractivity contribution in [3.05, 3.63) is 35.9 Å². The Morgan fingerprint density at radius 1 is 1.27 bits per heavy atom. The molecule has 2 unspecified atom stereocenters. The van der Waals surface area contributed by atoms with Gasteiger partial charge in [0.25, 0.3) is 0 Å². The molecule has 0 heterocycles. The number of nitrogens with one attached hydrogen (secondary N) is 1. The molecule has 0 bridgehead atoms. The van der Waals surface area contributed by atoms with E-state index in [9.17, 15) is 0 Å². The van der Waals surface area contributed by atoms with Gasteiger partial charge in [0.1, 0.15) is 0 Å². The standard InChI is InChI=1S/C13H19N.ClH/c1-2-6-12-9-13(12)14-10-11-7-4-3-5-8-11;/h3-5,7-8,12-14H,2,6,9-10H2,1H3;1H. The summed E-state index contributed by atoms with van der Waals surface area (Å²) in [5.74, 6) is 0.962. The summed E-state index contributed by atoms with van der Waals surface area (Å²) in [6.45, 7) is 3.30. The molecule has 1 N–H and O–H groups in total. The van der Waals surface area contributed by atoms with Gasteiger partial charge in [-0.05, 0) is 24.3 Å². The summed E-state index contributed by atoms with van der Waals surface area (Å²) in [4.78, 5) is 0. The molecule has 15 heavy (non-hydrogen) atoms. The van der Waals surface area contributed by atoms with Gasteiger partial charge < -0.3 is 5.32 Å². The maximum atomic E-state index is 3.61. The number of benzene rings is 1. The molecular formula is C13H20ClN. The summed E-state index contributed by atoms with van der Waals surface area (Å²) in [5.41, 5.74) is 1.40. The molecule has 0 aliphatic heterocycles. The number of halogens is 1. The van der Waals surface area contributed by atoms with E-state index < -0.39 is 0 Å². The zero-order valence-electron chi connectivity index (χ0n) is 9.28. The van der Waals surface area contributed by atoms with Crippen LogP contribution in [0.3, 0.4) is 0 Å². The van der Waals surface area contributed by atoms with E-state index in [2.05, 4.69) is 42.6 Å². The van der Waals surface area contributed by atoms with Gasteiger partial charge in [0.2, 0.25) is 0 Å². The van der Waals surface area contributed by atoms with E-state index in [1.807, 2.05) is 0 Å². The third kappa shape index (κ3) is 3.84. The first-order chi connectivity index (χ1) is 6.90. The zero-order chi connectivity index (χ0) is 9.80. The molecule has 1 aromatic carbocycles. The molecule has 1 aliphatic carbocycles. The van der Waals surface area contributed by atoms with Crippen LogP contribution in [-0.4, -0.2) is 6.04 Å². The average Bonchev–Trinajstić information content (AvgIpc) is 2.96. The lowest BCUT2D eigenvalue weighted by Gasteiger charge is -2.03. The van der Waals surface area contributed by atoms with Crippen LogP contribution in [0.15, 0.2) is 30.3 Å². The van der Waals surface area contributed by atoms with Crippen molar-refractivity contribution < 1.29 is 0 Å². The number of hydrogen-bond donors (Lipinski definition) is 1. The van der Waals surface area contributed by atoms with Crippen molar-refractivity contribution in [1.29, 1.82) is 0 Å². The van der Waals surface area contributed by atoms with Crippen LogP contribution >= 0.6 is 12.4 Å². The summed E-state index contributed by atoms with van der Waals surface area (Å²) in [5, 5.41) is 3.61. The molecule has 0 spiro atoms. The fourth-order valence-electron chi connectivity index (χ4n) is 2.03. The van der Waals surface area contributed by atoms with Crippen LogP contribution in [-0.2, 0) is 6.54 Å². The Bertz CT molecular complexity index is 273. The first-order valence-corrected chi connectivity index (χ1v) is 5.67. The SMILES string of the molecule is CCCC1CC1NCc1ccccc1.Cl. The zero-order valence-corrected chi connectivity index (χ0v) is 10.1. The Morgan fingerprint density at radius 3 is 2.67 bits per heavy atom. The smallest absolute Gasteiger partial charge is 0.0208 e. The minimum Gasteiger partial charge on any atom is -0.310 e. The minimum absolute atomic E-state index is 0. The van der Waals surface area contributed by atoms with Crippen LogP contribution in [0, 0.1) is 5.92 Å². The summed E-state index contributed by atoms with van der Waals surface area (Å²) < 4.78 is 0. The van der Waals surface area contributed by atoms with Crippen molar-refractivity contribution in [2.75, 3.05) is 0 Å². The first-order valence-electron chi connectivity index (χ1n) is 5.67. The van der Waals surface area contributed by atoms with Crippen molar-refractivity contribution in [3.8, 4) is 0 Å². The topological polar surface area (TPSA) is 12.0 Å². The Balaban J connectivity index is 0.00000112. The Kier molecular flexibility index (Phi) is 5.13. The Morgan fingerprint density at radius 2 is 2.00 bits per heavy atom.